The van der Waals surface area contributed by atoms with Gasteiger partial charge in [-0.1, -0.05) is 36.4 Å². The maximum absolute atomic E-state index is 14.2. The van der Waals surface area contributed by atoms with Gasteiger partial charge in [0.2, 0.25) is 5.91 Å². The average Bonchev–Trinajstić information content (AvgIpc) is 3.21. The van der Waals surface area contributed by atoms with Gasteiger partial charge in [0.15, 0.2) is 0 Å². The average molecular weight is 481 g/mol. The van der Waals surface area contributed by atoms with Gasteiger partial charge >= 0.3 is 5.97 Å². The van der Waals surface area contributed by atoms with Crippen LogP contribution in [0, 0.1) is 25.7 Å². The summed E-state index contributed by atoms with van der Waals surface area (Å²) in [6.07, 6.45) is 9.29. The highest BCUT2D eigenvalue weighted by atomic mass is 16.6. The Bertz CT molecular complexity index is 1100. The van der Waals surface area contributed by atoms with Crippen LogP contribution in [0.15, 0.2) is 42.5 Å². The first kappa shape index (κ1) is 23.8. The van der Waals surface area contributed by atoms with Crippen molar-refractivity contribution in [2.24, 2.45) is 11.8 Å². The molecule has 1 aromatic carbocycles. The number of likely N-dealkylation sites (tertiary alicyclic amines) is 1. The predicted molar refractivity (Wildman–Crippen MR) is 129 cm³/mol. The third-order valence-corrected chi connectivity index (χ3v) is 7.60. The fourth-order valence-electron chi connectivity index (χ4n) is 5.99. The molecule has 1 unspecified atom stereocenters. The summed E-state index contributed by atoms with van der Waals surface area (Å²) in [5.41, 5.74) is 1.41. The summed E-state index contributed by atoms with van der Waals surface area (Å²) in [4.78, 5) is 44.3. The van der Waals surface area contributed by atoms with Crippen molar-refractivity contribution >= 4 is 23.5 Å². The van der Waals surface area contributed by atoms with E-state index in [2.05, 4.69) is 0 Å². The largest absolute Gasteiger partial charge is 0.465 e. The third-order valence-electron chi connectivity index (χ3n) is 7.60. The number of fused-ring (bicyclic) bond motifs is 2. The molecule has 5 rings (SSSR count). The molecule has 2 saturated heterocycles. The summed E-state index contributed by atoms with van der Waals surface area (Å²) in [6.45, 7) is 4.20. The molecule has 0 aliphatic carbocycles. The number of benzene rings is 1. The number of ether oxygens (including phenoxy) is 2. The highest BCUT2D eigenvalue weighted by Crippen LogP contribution is 2.53. The van der Waals surface area contributed by atoms with Crippen LogP contribution in [0.3, 0.4) is 0 Å². The predicted octanol–water partition coefficient (Wildman–Crippen LogP) is 2.06. The molecule has 4 aliphatic heterocycles. The number of cyclic esters (lactones) is 1. The fraction of sp³-hybridized carbons (Fsp3) is 0.519. The van der Waals surface area contributed by atoms with E-state index in [1.807, 2.05) is 50.3 Å². The Morgan fingerprint density at radius 1 is 1.11 bits per heavy atom. The van der Waals surface area contributed by atoms with Crippen molar-refractivity contribution in [3.8, 4) is 0 Å². The van der Waals surface area contributed by atoms with Crippen LogP contribution in [0.25, 0.3) is 0 Å². The Kier molecular flexibility index (Phi) is 6.27. The summed E-state index contributed by atoms with van der Waals surface area (Å²) >= 11 is 0. The van der Waals surface area contributed by atoms with E-state index in [4.69, 9.17) is 9.47 Å². The molecular formula is C27H32N2O6. The van der Waals surface area contributed by atoms with Crippen molar-refractivity contribution in [2.45, 2.75) is 50.9 Å². The first-order valence-corrected chi connectivity index (χ1v) is 12.4. The van der Waals surface area contributed by atoms with Gasteiger partial charge < -0.3 is 24.4 Å². The van der Waals surface area contributed by atoms with Gasteiger partial charge in [-0.15, -0.1) is 0 Å². The molecule has 1 spiro atoms. The number of rotatable bonds is 3. The van der Waals surface area contributed by atoms with E-state index < -0.39 is 35.6 Å². The van der Waals surface area contributed by atoms with Crippen LogP contribution in [0.5, 0.6) is 0 Å². The zero-order valence-electron chi connectivity index (χ0n) is 20.2. The molecule has 8 heteroatoms. The molecule has 186 valence electrons. The van der Waals surface area contributed by atoms with Crippen LogP contribution in [-0.4, -0.2) is 71.8 Å². The van der Waals surface area contributed by atoms with Gasteiger partial charge in [-0.2, -0.15) is 0 Å². The molecule has 4 heterocycles. The number of aliphatic hydroxyl groups excluding tert-OH is 1. The van der Waals surface area contributed by atoms with Crippen molar-refractivity contribution in [3.63, 3.8) is 0 Å². The second-order valence-corrected chi connectivity index (χ2v) is 9.83. The Labute approximate surface area is 205 Å². The Morgan fingerprint density at radius 3 is 2.74 bits per heavy atom. The standard InChI is InChI=1S/C27H32N2O6/c1-17-9-10-18(2)19(16-17)28-12-7-11-27-22(24(31)29(13-14-30)23(27)25(28)32)21-20(35-27)8-5-3-4-6-15-34-26(21)33/h5,7-11,16,20-23,30H,3-4,6,12-15H2,1-2H3/b8-5-/t20-,21+,22-,23?,27-/m0/s1. The topological polar surface area (TPSA) is 96.4 Å². The van der Waals surface area contributed by atoms with Crippen LogP contribution in [-0.2, 0) is 23.9 Å². The molecule has 35 heavy (non-hydrogen) atoms. The van der Waals surface area contributed by atoms with Crippen molar-refractivity contribution in [2.75, 3.05) is 31.2 Å². The Balaban J connectivity index is 1.61. The molecule has 5 atom stereocenters. The second-order valence-electron chi connectivity index (χ2n) is 9.83. The fourth-order valence-corrected chi connectivity index (χ4v) is 5.99. The van der Waals surface area contributed by atoms with E-state index >= 15 is 0 Å². The smallest absolute Gasteiger partial charge is 0.312 e. The van der Waals surface area contributed by atoms with E-state index in [1.165, 1.54) is 4.90 Å². The summed E-state index contributed by atoms with van der Waals surface area (Å²) in [5.74, 6) is -2.88. The molecule has 0 saturated carbocycles. The summed E-state index contributed by atoms with van der Waals surface area (Å²) in [6, 6.07) is 4.92. The number of anilines is 1. The summed E-state index contributed by atoms with van der Waals surface area (Å²) in [5, 5.41) is 9.77. The van der Waals surface area contributed by atoms with Crippen molar-refractivity contribution in [3.05, 3.63) is 53.6 Å². The number of hydrogen-bond acceptors (Lipinski definition) is 6. The van der Waals surface area contributed by atoms with Crippen molar-refractivity contribution in [1.29, 1.82) is 0 Å². The van der Waals surface area contributed by atoms with E-state index in [0.717, 1.165) is 36.1 Å². The molecule has 2 fully saturated rings. The zero-order chi connectivity index (χ0) is 24.7. The second kappa shape index (κ2) is 9.24. The van der Waals surface area contributed by atoms with Gasteiger partial charge in [0.25, 0.3) is 5.91 Å². The lowest BCUT2D eigenvalue weighted by Crippen LogP contribution is -2.55. The van der Waals surface area contributed by atoms with E-state index in [9.17, 15) is 19.5 Å². The van der Waals surface area contributed by atoms with E-state index in [0.29, 0.717) is 13.2 Å². The number of nitrogens with zero attached hydrogens (tertiary/aromatic N) is 2. The van der Waals surface area contributed by atoms with Gasteiger partial charge in [-0.3, -0.25) is 14.4 Å². The van der Waals surface area contributed by atoms with Gasteiger partial charge in [-0.25, -0.2) is 0 Å². The minimum atomic E-state index is -1.32. The minimum absolute atomic E-state index is 0.0202. The monoisotopic (exact) mass is 480 g/mol. The van der Waals surface area contributed by atoms with Crippen LogP contribution in [0.2, 0.25) is 0 Å². The number of amides is 2. The maximum Gasteiger partial charge on any atom is 0.312 e. The Morgan fingerprint density at radius 2 is 1.94 bits per heavy atom. The highest BCUT2D eigenvalue weighted by molar-refractivity contribution is 6.05. The van der Waals surface area contributed by atoms with Crippen molar-refractivity contribution < 1.29 is 29.0 Å². The summed E-state index contributed by atoms with van der Waals surface area (Å²) < 4.78 is 12.1. The number of carbonyl (C=O) groups excluding carboxylic acids is 3. The molecule has 4 aliphatic rings. The first-order chi connectivity index (χ1) is 16.9. The lowest BCUT2D eigenvalue weighted by molar-refractivity contribution is -0.154. The van der Waals surface area contributed by atoms with Gasteiger partial charge in [-0.05, 0) is 50.3 Å². The molecule has 1 aromatic rings. The number of hydrogen-bond donors (Lipinski definition) is 1. The van der Waals surface area contributed by atoms with Crippen LogP contribution >= 0.6 is 0 Å². The van der Waals surface area contributed by atoms with E-state index in [1.54, 1.807) is 11.0 Å². The highest BCUT2D eigenvalue weighted by Gasteiger charge is 2.71. The SMILES string of the molecule is Cc1ccc(C)c(N2CC=C[C@]34O[C@H]5/C=C\CCCCOC(=O)[C@H]5[C@H]3C(=O)N(CCO)C4C2=O)c1. The molecule has 0 bridgehead atoms. The lowest BCUT2D eigenvalue weighted by atomic mass is 9.78. The normalized spacial score (nSPS) is 33.6. The first-order valence-electron chi connectivity index (χ1n) is 12.4. The molecule has 1 N–H and O–H groups in total. The molecule has 2 amide bonds. The van der Waals surface area contributed by atoms with Crippen molar-refractivity contribution in [1.82, 2.24) is 4.90 Å². The van der Waals surface area contributed by atoms with Gasteiger partial charge in [0.05, 0.1) is 25.2 Å². The number of β-amino-alcohol motifs (C(OH)–C–C–N with tert-alkyl or cyclic N) is 1. The summed E-state index contributed by atoms with van der Waals surface area (Å²) in [7, 11) is 0. The molecule has 0 aromatic heterocycles. The quantitative estimate of drug-likeness (QED) is 0.526. The van der Waals surface area contributed by atoms with Gasteiger partial charge in [0, 0.05) is 18.8 Å². The minimum Gasteiger partial charge on any atom is -0.465 e. The number of aliphatic hydroxyl groups is 1. The molecule has 8 nitrogen and oxygen atoms in total. The number of carbonyl (C=O) groups is 3. The number of allylic oxidation sites excluding steroid dienone is 1. The van der Waals surface area contributed by atoms with Gasteiger partial charge in [0.1, 0.15) is 17.6 Å². The molecule has 0 radical (unpaired) electrons. The molecular weight excluding hydrogens is 448 g/mol. The zero-order valence-corrected chi connectivity index (χ0v) is 20.2. The van der Waals surface area contributed by atoms with E-state index in [-0.39, 0.29) is 25.0 Å². The lowest BCUT2D eigenvalue weighted by Gasteiger charge is -2.35. The van der Waals surface area contributed by atoms with Crippen LogP contribution in [0.4, 0.5) is 5.69 Å². The van der Waals surface area contributed by atoms with Crippen LogP contribution < -0.4 is 4.90 Å². The Hall–Kier alpha value is -2.97. The van der Waals surface area contributed by atoms with Crippen LogP contribution in [0.1, 0.15) is 30.4 Å². The third kappa shape index (κ3) is 3.79. The number of aryl methyl sites for hydroxylation is 2. The maximum atomic E-state index is 14.2. The number of esters is 1.